The van der Waals surface area contributed by atoms with E-state index in [1.807, 2.05) is 12.3 Å². The summed E-state index contributed by atoms with van der Waals surface area (Å²) < 4.78 is 1.19. The maximum Gasteiger partial charge on any atom is 0.0669 e. The Labute approximate surface area is 74.3 Å². The lowest BCUT2D eigenvalue weighted by Gasteiger charge is -2.10. The van der Waals surface area contributed by atoms with Crippen LogP contribution in [0.15, 0.2) is 27.7 Å². The number of nitrogens with zero attached hydrogens (tertiary/aromatic N) is 1. The molecule has 0 unspecified atom stereocenters. The van der Waals surface area contributed by atoms with E-state index in [9.17, 15) is 0 Å². The molecule has 0 N–H and O–H groups in total. The lowest BCUT2D eigenvalue weighted by molar-refractivity contribution is 1.02. The number of halogens is 1. The monoisotopic (exact) mass is 209 g/mol. The Bertz CT molecular complexity index is 304. The SMILES string of the molecule is Brc1cccc2c1CCC=N2. The van der Waals surface area contributed by atoms with Crippen LogP contribution in [0.3, 0.4) is 0 Å². The third-order valence-corrected chi connectivity index (χ3v) is 2.59. The second-order valence-corrected chi connectivity index (χ2v) is 3.44. The molecule has 1 nitrogen and oxygen atoms in total. The smallest absolute Gasteiger partial charge is 0.0669 e. The summed E-state index contributed by atoms with van der Waals surface area (Å²) in [6, 6.07) is 6.14. The Morgan fingerprint density at radius 2 is 2.27 bits per heavy atom. The standard InChI is InChI=1S/C9H8BrN/c10-8-4-1-5-9-7(8)3-2-6-11-9/h1,4-6H,2-3H2. The van der Waals surface area contributed by atoms with Crippen LogP contribution in [0.1, 0.15) is 12.0 Å². The Morgan fingerprint density at radius 1 is 1.36 bits per heavy atom. The van der Waals surface area contributed by atoms with E-state index in [0.29, 0.717) is 0 Å². The van der Waals surface area contributed by atoms with Gasteiger partial charge in [0, 0.05) is 10.7 Å². The molecule has 0 saturated heterocycles. The topological polar surface area (TPSA) is 12.4 Å². The van der Waals surface area contributed by atoms with Gasteiger partial charge in [0.15, 0.2) is 0 Å². The van der Waals surface area contributed by atoms with Crippen molar-refractivity contribution in [3.8, 4) is 0 Å². The highest BCUT2D eigenvalue weighted by atomic mass is 79.9. The zero-order valence-electron chi connectivity index (χ0n) is 6.05. The molecule has 0 aromatic heterocycles. The van der Waals surface area contributed by atoms with Gasteiger partial charge in [-0.1, -0.05) is 22.0 Å². The molecule has 1 heterocycles. The van der Waals surface area contributed by atoms with Gasteiger partial charge in [-0.25, -0.2) is 0 Å². The number of rotatable bonds is 0. The summed E-state index contributed by atoms with van der Waals surface area (Å²) in [5.41, 5.74) is 2.46. The third-order valence-electron chi connectivity index (χ3n) is 1.85. The van der Waals surface area contributed by atoms with Crippen molar-refractivity contribution in [2.24, 2.45) is 4.99 Å². The molecule has 11 heavy (non-hydrogen) atoms. The van der Waals surface area contributed by atoms with Gasteiger partial charge in [-0.05, 0) is 30.5 Å². The zero-order valence-corrected chi connectivity index (χ0v) is 7.63. The van der Waals surface area contributed by atoms with E-state index in [1.54, 1.807) is 0 Å². The summed E-state index contributed by atoms with van der Waals surface area (Å²) >= 11 is 3.51. The first-order valence-corrected chi connectivity index (χ1v) is 4.47. The third kappa shape index (κ3) is 1.23. The van der Waals surface area contributed by atoms with Crippen molar-refractivity contribution in [1.82, 2.24) is 0 Å². The molecule has 0 aliphatic carbocycles. The van der Waals surface area contributed by atoms with Crippen molar-refractivity contribution < 1.29 is 0 Å². The molecule has 0 saturated carbocycles. The summed E-state index contributed by atoms with van der Waals surface area (Å²) in [4.78, 5) is 4.30. The van der Waals surface area contributed by atoms with Crippen LogP contribution in [0.4, 0.5) is 5.69 Å². The summed E-state index contributed by atoms with van der Waals surface area (Å²) in [6.07, 6.45) is 4.16. The molecule has 1 aliphatic heterocycles. The lowest BCUT2D eigenvalue weighted by Crippen LogP contribution is -1.93. The van der Waals surface area contributed by atoms with E-state index >= 15 is 0 Å². The molecule has 0 radical (unpaired) electrons. The van der Waals surface area contributed by atoms with E-state index in [0.717, 1.165) is 18.5 Å². The zero-order chi connectivity index (χ0) is 7.68. The van der Waals surface area contributed by atoms with Gasteiger partial charge in [-0.3, -0.25) is 4.99 Å². The summed E-state index contributed by atoms with van der Waals surface area (Å²) in [7, 11) is 0. The minimum atomic E-state index is 1.07. The van der Waals surface area contributed by atoms with Crippen LogP contribution < -0.4 is 0 Å². The van der Waals surface area contributed by atoms with E-state index in [1.165, 1.54) is 10.0 Å². The fraction of sp³-hybridized carbons (Fsp3) is 0.222. The first-order valence-electron chi connectivity index (χ1n) is 3.68. The Balaban J connectivity index is 2.60. The molecule has 1 aromatic carbocycles. The van der Waals surface area contributed by atoms with Crippen molar-refractivity contribution in [3.05, 3.63) is 28.2 Å². The Kier molecular flexibility index (Phi) is 1.78. The van der Waals surface area contributed by atoms with Gasteiger partial charge in [0.1, 0.15) is 0 Å². The van der Waals surface area contributed by atoms with Gasteiger partial charge < -0.3 is 0 Å². The van der Waals surface area contributed by atoms with Crippen molar-refractivity contribution in [2.45, 2.75) is 12.8 Å². The summed E-state index contributed by atoms with van der Waals surface area (Å²) in [5, 5.41) is 0. The van der Waals surface area contributed by atoms with Gasteiger partial charge in [-0.2, -0.15) is 0 Å². The number of fused-ring (bicyclic) bond motifs is 1. The molecule has 1 aromatic rings. The molecular weight excluding hydrogens is 202 g/mol. The average Bonchev–Trinajstić information content (AvgIpc) is 2.06. The van der Waals surface area contributed by atoms with Crippen LogP contribution >= 0.6 is 15.9 Å². The molecule has 0 amide bonds. The van der Waals surface area contributed by atoms with Crippen molar-refractivity contribution >= 4 is 27.8 Å². The highest BCUT2D eigenvalue weighted by molar-refractivity contribution is 9.10. The highest BCUT2D eigenvalue weighted by Gasteiger charge is 2.07. The predicted molar refractivity (Wildman–Crippen MR) is 50.6 cm³/mol. The molecule has 0 spiro atoms. The maximum absolute atomic E-state index is 4.30. The van der Waals surface area contributed by atoms with Crippen molar-refractivity contribution in [1.29, 1.82) is 0 Å². The van der Waals surface area contributed by atoms with Gasteiger partial charge in [-0.15, -0.1) is 0 Å². The first-order chi connectivity index (χ1) is 5.38. The maximum atomic E-state index is 4.30. The van der Waals surface area contributed by atoms with Gasteiger partial charge in [0.05, 0.1) is 5.69 Å². The Hall–Kier alpha value is -0.630. The molecule has 56 valence electrons. The van der Waals surface area contributed by atoms with Gasteiger partial charge in [0.2, 0.25) is 0 Å². The Morgan fingerprint density at radius 3 is 3.09 bits per heavy atom. The summed E-state index contributed by atoms with van der Waals surface area (Å²) in [5.74, 6) is 0. The van der Waals surface area contributed by atoms with E-state index in [-0.39, 0.29) is 0 Å². The molecule has 0 bridgehead atoms. The van der Waals surface area contributed by atoms with Gasteiger partial charge in [0.25, 0.3) is 0 Å². The second-order valence-electron chi connectivity index (χ2n) is 2.59. The minimum absolute atomic E-state index is 1.07. The number of hydrogen-bond donors (Lipinski definition) is 0. The number of aliphatic imine (C=N–C) groups is 1. The minimum Gasteiger partial charge on any atom is -0.261 e. The van der Waals surface area contributed by atoms with E-state index < -0.39 is 0 Å². The van der Waals surface area contributed by atoms with Crippen LogP contribution in [-0.4, -0.2) is 6.21 Å². The van der Waals surface area contributed by atoms with Crippen LogP contribution in [0, 0.1) is 0 Å². The molecule has 1 aliphatic rings. The molecule has 2 rings (SSSR count). The van der Waals surface area contributed by atoms with Crippen molar-refractivity contribution in [2.75, 3.05) is 0 Å². The second kappa shape index (κ2) is 2.78. The number of hydrogen-bond acceptors (Lipinski definition) is 1. The van der Waals surface area contributed by atoms with E-state index in [4.69, 9.17) is 0 Å². The van der Waals surface area contributed by atoms with Crippen molar-refractivity contribution in [3.63, 3.8) is 0 Å². The average molecular weight is 210 g/mol. The van der Waals surface area contributed by atoms with Crippen LogP contribution in [0.2, 0.25) is 0 Å². The first kappa shape index (κ1) is 7.04. The molecular formula is C9H8BrN. The summed E-state index contributed by atoms with van der Waals surface area (Å²) in [6.45, 7) is 0. The fourth-order valence-electron chi connectivity index (χ4n) is 1.29. The molecule has 0 atom stereocenters. The fourth-order valence-corrected chi connectivity index (χ4v) is 1.84. The van der Waals surface area contributed by atoms with Crippen LogP contribution in [0.25, 0.3) is 0 Å². The molecule has 0 fully saturated rings. The highest BCUT2D eigenvalue weighted by Crippen LogP contribution is 2.29. The largest absolute Gasteiger partial charge is 0.261 e. The van der Waals surface area contributed by atoms with Gasteiger partial charge >= 0.3 is 0 Å². The number of benzene rings is 1. The quantitative estimate of drug-likeness (QED) is 0.623. The molecule has 2 heteroatoms. The van der Waals surface area contributed by atoms with Crippen LogP contribution in [-0.2, 0) is 6.42 Å². The van der Waals surface area contributed by atoms with Crippen LogP contribution in [0.5, 0.6) is 0 Å². The normalized spacial score (nSPS) is 14.6. The lowest BCUT2D eigenvalue weighted by atomic mass is 10.1. The predicted octanol–water partition coefficient (Wildman–Crippen LogP) is 3.10. The van der Waals surface area contributed by atoms with E-state index in [2.05, 4.69) is 33.1 Å².